The lowest BCUT2D eigenvalue weighted by molar-refractivity contribution is 0.101. The molecule has 0 aromatic heterocycles. The molecule has 0 atom stereocenters. The summed E-state index contributed by atoms with van der Waals surface area (Å²) in [5, 5.41) is 0. The van der Waals surface area contributed by atoms with E-state index in [9.17, 15) is 4.79 Å². The second kappa shape index (κ2) is 4.77. The number of benzene rings is 2. The van der Waals surface area contributed by atoms with Crippen LogP contribution < -0.4 is 0 Å². The second-order valence-corrected chi connectivity index (χ2v) is 4.91. The van der Waals surface area contributed by atoms with Gasteiger partial charge in [-0.15, -0.1) is 0 Å². The Morgan fingerprint density at radius 1 is 0.889 bits per heavy atom. The smallest absolute Gasteiger partial charge is 0.159 e. The number of carbonyl (C=O) groups excluding carboxylic acids is 1. The number of rotatable bonds is 2. The zero-order valence-electron chi connectivity index (χ0n) is 11.4. The van der Waals surface area contributed by atoms with Gasteiger partial charge in [-0.25, -0.2) is 0 Å². The first-order chi connectivity index (χ1) is 8.49. The highest BCUT2D eigenvalue weighted by atomic mass is 16.1. The van der Waals surface area contributed by atoms with Gasteiger partial charge in [0.05, 0.1) is 0 Å². The van der Waals surface area contributed by atoms with Crippen LogP contribution in [0.5, 0.6) is 0 Å². The zero-order chi connectivity index (χ0) is 13.3. The maximum absolute atomic E-state index is 11.3. The lowest BCUT2D eigenvalue weighted by Crippen LogP contribution is -1.93. The van der Waals surface area contributed by atoms with E-state index in [1.165, 1.54) is 27.8 Å². The van der Waals surface area contributed by atoms with Crippen LogP contribution >= 0.6 is 0 Å². The lowest BCUT2D eigenvalue weighted by atomic mass is 9.93. The van der Waals surface area contributed by atoms with Gasteiger partial charge in [0.2, 0.25) is 0 Å². The van der Waals surface area contributed by atoms with Crippen molar-refractivity contribution in [3.63, 3.8) is 0 Å². The Morgan fingerprint density at radius 3 is 1.83 bits per heavy atom. The third-order valence-corrected chi connectivity index (χ3v) is 3.26. The molecule has 2 aromatic carbocycles. The molecule has 0 aliphatic carbocycles. The summed E-state index contributed by atoms with van der Waals surface area (Å²) in [5.74, 6) is 0.110. The van der Waals surface area contributed by atoms with Crippen molar-refractivity contribution in [1.29, 1.82) is 0 Å². The maximum Gasteiger partial charge on any atom is 0.159 e. The Bertz CT molecular complexity index is 569. The number of aryl methyl sites for hydroxylation is 3. The van der Waals surface area contributed by atoms with Gasteiger partial charge in [0, 0.05) is 5.56 Å². The first-order valence-corrected chi connectivity index (χ1v) is 6.18. The molecule has 0 heterocycles. The van der Waals surface area contributed by atoms with E-state index in [1.54, 1.807) is 6.92 Å². The number of Topliss-reactive ketones (excluding diaryl/α,β-unsaturated/α-hetero) is 1. The van der Waals surface area contributed by atoms with Gasteiger partial charge in [-0.3, -0.25) is 4.79 Å². The van der Waals surface area contributed by atoms with Gasteiger partial charge in [-0.2, -0.15) is 0 Å². The Morgan fingerprint density at radius 2 is 1.39 bits per heavy atom. The molecule has 1 heteroatoms. The molecule has 2 aromatic rings. The number of hydrogen-bond donors (Lipinski definition) is 0. The van der Waals surface area contributed by atoms with E-state index < -0.39 is 0 Å². The summed E-state index contributed by atoms with van der Waals surface area (Å²) in [7, 11) is 0. The molecule has 0 N–H and O–H groups in total. The molecule has 0 aliphatic rings. The largest absolute Gasteiger partial charge is 0.295 e. The van der Waals surface area contributed by atoms with E-state index in [4.69, 9.17) is 0 Å². The number of ketones is 1. The van der Waals surface area contributed by atoms with Crippen molar-refractivity contribution >= 4 is 5.78 Å². The Labute approximate surface area is 108 Å². The van der Waals surface area contributed by atoms with E-state index in [0.29, 0.717) is 0 Å². The minimum absolute atomic E-state index is 0.110. The van der Waals surface area contributed by atoms with Crippen LogP contribution in [-0.2, 0) is 0 Å². The van der Waals surface area contributed by atoms with E-state index in [2.05, 4.69) is 32.9 Å². The van der Waals surface area contributed by atoms with Crippen LogP contribution in [0.2, 0.25) is 0 Å². The molecule has 0 bridgehead atoms. The van der Waals surface area contributed by atoms with Crippen LogP contribution in [0.1, 0.15) is 34.0 Å². The van der Waals surface area contributed by atoms with E-state index in [-0.39, 0.29) is 5.78 Å². The van der Waals surface area contributed by atoms with Gasteiger partial charge in [-0.1, -0.05) is 42.0 Å². The fourth-order valence-corrected chi connectivity index (χ4v) is 2.51. The molecule has 0 radical (unpaired) electrons. The van der Waals surface area contributed by atoms with Gasteiger partial charge in [0.25, 0.3) is 0 Å². The first kappa shape index (κ1) is 12.6. The predicted octanol–water partition coefficient (Wildman–Crippen LogP) is 4.48. The van der Waals surface area contributed by atoms with Gasteiger partial charge in [-0.05, 0) is 49.9 Å². The summed E-state index contributed by atoms with van der Waals surface area (Å²) >= 11 is 0. The zero-order valence-corrected chi connectivity index (χ0v) is 11.4. The van der Waals surface area contributed by atoms with Crippen molar-refractivity contribution < 1.29 is 4.79 Å². The average Bonchev–Trinajstić information content (AvgIpc) is 2.28. The van der Waals surface area contributed by atoms with Crippen LogP contribution in [0.15, 0.2) is 36.4 Å². The summed E-state index contributed by atoms with van der Waals surface area (Å²) in [6.45, 7) is 7.97. The Hall–Kier alpha value is -1.89. The molecular weight excluding hydrogens is 220 g/mol. The normalized spacial score (nSPS) is 10.4. The molecule has 0 saturated heterocycles. The molecule has 0 unspecified atom stereocenters. The highest BCUT2D eigenvalue weighted by Crippen LogP contribution is 2.28. The highest BCUT2D eigenvalue weighted by Gasteiger charge is 2.07. The average molecular weight is 238 g/mol. The molecule has 0 fully saturated rings. The molecule has 0 spiro atoms. The predicted molar refractivity (Wildman–Crippen MR) is 76.1 cm³/mol. The lowest BCUT2D eigenvalue weighted by Gasteiger charge is -2.12. The van der Waals surface area contributed by atoms with Crippen LogP contribution in [0.25, 0.3) is 11.1 Å². The third kappa shape index (κ3) is 2.35. The molecule has 0 aliphatic heterocycles. The van der Waals surface area contributed by atoms with Crippen LogP contribution in [0.3, 0.4) is 0 Å². The number of carbonyl (C=O) groups is 1. The van der Waals surface area contributed by atoms with Crippen molar-refractivity contribution in [1.82, 2.24) is 0 Å². The quantitative estimate of drug-likeness (QED) is 0.705. The topological polar surface area (TPSA) is 17.1 Å². The molecular formula is C17H18O. The summed E-state index contributed by atoms with van der Waals surface area (Å²) in [4.78, 5) is 11.3. The van der Waals surface area contributed by atoms with Crippen molar-refractivity contribution in [2.45, 2.75) is 27.7 Å². The Balaban J connectivity index is 2.52. The first-order valence-electron chi connectivity index (χ1n) is 6.18. The third-order valence-electron chi connectivity index (χ3n) is 3.26. The van der Waals surface area contributed by atoms with Gasteiger partial charge < -0.3 is 0 Å². The summed E-state index contributed by atoms with van der Waals surface area (Å²) in [6.07, 6.45) is 0. The standard InChI is InChI=1S/C17H18O/c1-11-9-12(2)17(13(3)10-11)16-7-5-15(6-8-16)14(4)18/h5-10H,1-4H3. The van der Waals surface area contributed by atoms with Crippen molar-refractivity contribution in [3.8, 4) is 11.1 Å². The number of hydrogen-bond acceptors (Lipinski definition) is 1. The van der Waals surface area contributed by atoms with E-state index in [0.717, 1.165) is 5.56 Å². The maximum atomic E-state index is 11.3. The summed E-state index contributed by atoms with van der Waals surface area (Å²) in [5.41, 5.74) is 7.06. The summed E-state index contributed by atoms with van der Waals surface area (Å²) < 4.78 is 0. The van der Waals surface area contributed by atoms with Crippen LogP contribution in [0.4, 0.5) is 0 Å². The fourth-order valence-electron chi connectivity index (χ4n) is 2.51. The van der Waals surface area contributed by atoms with E-state index in [1.807, 2.05) is 24.3 Å². The van der Waals surface area contributed by atoms with Crippen molar-refractivity contribution in [2.75, 3.05) is 0 Å². The monoisotopic (exact) mass is 238 g/mol. The van der Waals surface area contributed by atoms with E-state index >= 15 is 0 Å². The molecule has 0 saturated carbocycles. The minimum atomic E-state index is 0.110. The molecule has 2 rings (SSSR count). The highest BCUT2D eigenvalue weighted by molar-refractivity contribution is 5.94. The minimum Gasteiger partial charge on any atom is -0.295 e. The second-order valence-electron chi connectivity index (χ2n) is 4.91. The molecule has 92 valence electrons. The molecule has 0 amide bonds. The molecule has 18 heavy (non-hydrogen) atoms. The van der Waals surface area contributed by atoms with Gasteiger partial charge >= 0.3 is 0 Å². The summed E-state index contributed by atoms with van der Waals surface area (Å²) in [6, 6.07) is 12.2. The Kier molecular flexibility index (Phi) is 3.33. The molecule has 1 nitrogen and oxygen atoms in total. The fraction of sp³-hybridized carbons (Fsp3) is 0.235. The van der Waals surface area contributed by atoms with Crippen molar-refractivity contribution in [2.24, 2.45) is 0 Å². The van der Waals surface area contributed by atoms with Crippen LogP contribution in [0, 0.1) is 20.8 Å². The van der Waals surface area contributed by atoms with Crippen molar-refractivity contribution in [3.05, 3.63) is 58.7 Å². The van der Waals surface area contributed by atoms with Gasteiger partial charge in [0.15, 0.2) is 5.78 Å². The SMILES string of the molecule is CC(=O)c1ccc(-c2c(C)cc(C)cc2C)cc1. The van der Waals surface area contributed by atoms with Crippen LogP contribution in [-0.4, -0.2) is 5.78 Å². The van der Waals surface area contributed by atoms with Gasteiger partial charge in [0.1, 0.15) is 0 Å².